The Kier molecular flexibility index (Phi) is 3.17. The first kappa shape index (κ1) is 7.08. The molecule has 0 heterocycles. The Labute approximate surface area is 52.8 Å². The van der Waals surface area contributed by atoms with Gasteiger partial charge in [0, 0.05) is 0 Å². The average Bonchev–Trinajstić information content (AvgIpc) is 1.65. The van der Waals surface area contributed by atoms with Crippen molar-refractivity contribution >= 4 is 5.97 Å². The Balaban J connectivity index is 3.35. The van der Waals surface area contributed by atoms with Crippen molar-refractivity contribution in [1.29, 1.82) is 0 Å². The van der Waals surface area contributed by atoms with E-state index in [1.165, 1.54) is 19.3 Å². The van der Waals surface area contributed by atoms with Crippen molar-refractivity contribution in [2.24, 2.45) is 5.73 Å². The SMILES string of the molecule is C[C@H](N)C(=O)[O][Ir]. The predicted octanol–water partition coefficient (Wildman–Crippen LogP) is -0.661. The molecule has 0 spiro atoms. The van der Waals surface area contributed by atoms with Crippen molar-refractivity contribution in [3.8, 4) is 0 Å². The average molecular weight is 280 g/mol. The summed E-state index contributed by atoms with van der Waals surface area (Å²) in [6, 6.07) is -0.495. The maximum atomic E-state index is 10.2. The molecule has 2 N–H and O–H groups in total. The summed E-state index contributed by atoms with van der Waals surface area (Å²) >= 11 is 1.31. The second-order valence-electron chi connectivity index (χ2n) is 1.18. The van der Waals surface area contributed by atoms with Gasteiger partial charge in [0.25, 0.3) is 0 Å². The van der Waals surface area contributed by atoms with Crippen LogP contribution in [-0.2, 0) is 27.6 Å². The van der Waals surface area contributed by atoms with Crippen LogP contribution in [-0.4, -0.2) is 12.0 Å². The molecule has 1 atom stereocenters. The van der Waals surface area contributed by atoms with Gasteiger partial charge in [-0.25, -0.2) is 0 Å². The fourth-order valence-electron chi connectivity index (χ4n) is 0.0620. The van der Waals surface area contributed by atoms with Crippen LogP contribution in [0.2, 0.25) is 0 Å². The Morgan fingerprint density at radius 3 is 2.43 bits per heavy atom. The third-order valence-electron chi connectivity index (χ3n) is 0.439. The van der Waals surface area contributed by atoms with Gasteiger partial charge in [-0.3, -0.25) is 0 Å². The van der Waals surface area contributed by atoms with Gasteiger partial charge in [0.1, 0.15) is 0 Å². The molecule has 0 aliphatic carbocycles. The summed E-state index contributed by atoms with van der Waals surface area (Å²) in [5.74, 6) is -0.375. The van der Waals surface area contributed by atoms with E-state index in [4.69, 9.17) is 5.73 Å². The van der Waals surface area contributed by atoms with Gasteiger partial charge in [0.05, 0.1) is 0 Å². The predicted molar refractivity (Wildman–Crippen MR) is 19.7 cm³/mol. The summed E-state index contributed by atoms with van der Waals surface area (Å²) < 4.78 is 4.25. The van der Waals surface area contributed by atoms with Crippen LogP contribution in [0.4, 0.5) is 0 Å². The zero-order valence-corrected chi connectivity index (χ0v) is 6.20. The van der Waals surface area contributed by atoms with Crippen LogP contribution >= 0.6 is 0 Å². The Morgan fingerprint density at radius 2 is 2.43 bits per heavy atom. The third kappa shape index (κ3) is 2.74. The number of rotatable bonds is 1. The van der Waals surface area contributed by atoms with E-state index >= 15 is 0 Å². The minimum atomic E-state index is -0.495. The van der Waals surface area contributed by atoms with Gasteiger partial charge in [-0.05, 0) is 0 Å². The Bertz CT molecular complexity index is 73.3. The van der Waals surface area contributed by atoms with Gasteiger partial charge in [-0.15, -0.1) is 0 Å². The van der Waals surface area contributed by atoms with E-state index in [-0.39, 0.29) is 5.97 Å². The molecular weight excluding hydrogens is 274 g/mol. The summed E-state index contributed by atoms with van der Waals surface area (Å²) in [4.78, 5) is 10.2. The fraction of sp³-hybridized carbons (Fsp3) is 0.667. The molecule has 0 aromatic rings. The molecule has 3 nitrogen and oxygen atoms in total. The normalized spacial score (nSPS) is 13.1. The number of carbonyl (C=O) groups excluding carboxylic acids is 1. The van der Waals surface area contributed by atoms with E-state index in [1.807, 2.05) is 0 Å². The van der Waals surface area contributed by atoms with Gasteiger partial charge in [0.2, 0.25) is 0 Å². The molecule has 7 heavy (non-hydrogen) atoms. The fourth-order valence-corrected chi connectivity index (χ4v) is 0.507. The number of carbonyl (C=O) groups is 1. The summed E-state index contributed by atoms with van der Waals surface area (Å²) in [7, 11) is 0. The first-order valence-corrected chi connectivity index (χ1v) is 2.72. The van der Waals surface area contributed by atoms with Crippen molar-refractivity contribution in [3.63, 3.8) is 0 Å². The summed E-state index contributed by atoms with van der Waals surface area (Å²) in [6.45, 7) is 1.58. The van der Waals surface area contributed by atoms with Crippen LogP contribution in [0.1, 0.15) is 6.92 Å². The van der Waals surface area contributed by atoms with Crippen LogP contribution in [0.15, 0.2) is 0 Å². The standard InChI is InChI=1S/C3H7NO2.Ir/c1-2(4)3(5)6;/h2H,4H2,1H3,(H,5,6);/q;+1/p-1/t2-;/m0./s1. The molecule has 0 aromatic heterocycles. The van der Waals surface area contributed by atoms with Crippen molar-refractivity contribution in [2.75, 3.05) is 0 Å². The number of nitrogens with two attached hydrogens (primary N) is 1. The monoisotopic (exact) mass is 281 g/mol. The van der Waals surface area contributed by atoms with Gasteiger partial charge in [-0.1, -0.05) is 0 Å². The van der Waals surface area contributed by atoms with E-state index in [1.54, 1.807) is 6.92 Å². The zero-order chi connectivity index (χ0) is 5.86. The summed E-state index contributed by atoms with van der Waals surface area (Å²) in [6.07, 6.45) is 0. The van der Waals surface area contributed by atoms with Crippen molar-refractivity contribution < 1.29 is 27.6 Å². The van der Waals surface area contributed by atoms with E-state index in [2.05, 4.69) is 3.50 Å². The molecule has 0 radical (unpaired) electrons. The summed E-state index contributed by atoms with van der Waals surface area (Å²) in [5, 5.41) is 0. The second kappa shape index (κ2) is 3.13. The van der Waals surface area contributed by atoms with Crippen LogP contribution in [0.5, 0.6) is 0 Å². The summed E-state index contributed by atoms with van der Waals surface area (Å²) in [5.41, 5.74) is 5.07. The van der Waals surface area contributed by atoms with Crippen molar-refractivity contribution in [1.82, 2.24) is 0 Å². The van der Waals surface area contributed by atoms with Crippen LogP contribution in [0.25, 0.3) is 0 Å². The second-order valence-corrected chi connectivity index (χ2v) is 1.66. The third-order valence-corrected chi connectivity index (χ3v) is 0.921. The van der Waals surface area contributed by atoms with Crippen molar-refractivity contribution in [3.05, 3.63) is 0 Å². The Morgan fingerprint density at radius 1 is 2.00 bits per heavy atom. The molecule has 0 saturated carbocycles. The molecule has 0 bridgehead atoms. The van der Waals surface area contributed by atoms with E-state index in [0.717, 1.165) is 0 Å². The number of hydrogen-bond donors (Lipinski definition) is 1. The van der Waals surface area contributed by atoms with Gasteiger partial charge >= 0.3 is 52.2 Å². The van der Waals surface area contributed by atoms with Crippen LogP contribution < -0.4 is 5.73 Å². The molecule has 0 aromatic carbocycles. The van der Waals surface area contributed by atoms with Crippen LogP contribution in [0.3, 0.4) is 0 Å². The first-order valence-electron chi connectivity index (χ1n) is 1.74. The zero-order valence-electron chi connectivity index (χ0n) is 3.80. The van der Waals surface area contributed by atoms with E-state index < -0.39 is 6.04 Å². The van der Waals surface area contributed by atoms with E-state index in [9.17, 15) is 4.79 Å². The quantitative estimate of drug-likeness (QED) is 0.694. The van der Waals surface area contributed by atoms with Crippen LogP contribution in [0, 0.1) is 0 Å². The molecule has 0 amide bonds. The molecule has 0 aliphatic heterocycles. The Hall–Kier alpha value is 0.0794. The maximum absolute atomic E-state index is 10.2. The molecule has 44 valence electrons. The van der Waals surface area contributed by atoms with Gasteiger partial charge in [-0.2, -0.15) is 0 Å². The molecule has 0 rings (SSSR count). The molecular formula is C3H6IrNO2. The topological polar surface area (TPSA) is 52.3 Å². The van der Waals surface area contributed by atoms with E-state index in [0.29, 0.717) is 0 Å². The molecule has 0 saturated heterocycles. The molecule has 0 unspecified atom stereocenters. The van der Waals surface area contributed by atoms with Gasteiger partial charge < -0.3 is 0 Å². The molecule has 0 aliphatic rings. The number of hydrogen-bond acceptors (Lipinski definition) is 3. The minimum absolute atomic E-state index is 0.375. The van der Waals surface area contributed by atoms with Gasteiger partial charge in [0.15, 0.2) is 0 Å². The first-order chi connectivity index (χ1) is 3.18. The molecule has 4 heteroatoms. The molecule has 0 fully saturated rings. The van der Waals surface area contributed by atoms with Crippen molar-refractivity contribution in [2.45, 2.75) is 13.0 Å².